The maximum absolute atomic E-state index is 12.0. The summed E-state index contributed by atoms with van der Waals surface area (Å²) in [6.07, 6.45) is 0.229. The number of sulfonamides is 1. The maximum atomic E-state index is 12.0. The number of esters is 1. The second-order valence-corrected chi connectivity index (χ2v) is 6.54. The van der Waals surface area contributed by atoms with Crippen LogP contribution in [0.5, 0.6) is 0 Å². The van der Waals surface area contributed by atoms with E-state index in [1.807, 2.05) is 6.07 Å². The Bertz CT molecular complexity index is 663. The minimum atomic E-state index is -3.46. The molecule has 6 nitrogen and oxygen atoms in total. The molecular formula is C13H14N2O4S. The summed E-state index contributed by atoms with van der Waals surface area (Å²) in [6, 6.07) is 7.88. The van der Waals surface area contributed by atoms with Gasteiger partial charge in [-0.2, -0.15) is 9.57 Å². The van der Waals surface area contributed by atoms with Crippen molar-refractivity contribution in [2.75, 3.05) is 12.9 Å². The minimum Gasteiger partial charge on any atom is -0.468 e. The fourth-order valence-electron chi connectivity index (χ4n) is 2.21. The molecule has 20 heavy (non-hydrogen) atoms. The molecule has 1 aliphatic heterocycles. The third kappa shape index (κ3) is 2.81. The van der Waals surface area contributed by atoms with Crippen LogP contribution in [0.1, 0.15) is 17.5 Å². The average Bonchev–Trinajstić information content (AvgIpc) is 2.74. The van der Waals surface area contributed by atoms with Gasteiger partial charge in [0.1, 0.15) is 6.04 Å². The summed E-state index contributed by atoms with van der Waals surface area (Å²) in [7, 11) is -2.22. The van der Waals surface area contributed by atoms with Crippen molar-refractivity contribution in [2.24, 2.45) is 0 Å². The van der Waals surface area contributed by atoms with Crippen molar-refractivity contribution in [3.63, 3.8) is 0 Å². The lowest BCUT2D eigenvalue weighted by Gasteiger charge is -2.21. The van der Waals surface area contributed by atoms with E-state index in [2.05, 4.69) is 4.74 Å². The molecule has 0 bridgehead atoms. The molecule has 0 amide bonds. The number of nitriles is 1. The Hall–Kier alpha value is -1.91. The molecule has 1 aromatic carbocycles. The van der Waals surface area contributed by atoms with E-state index < -0.39 is 22.0 Å². The van der Waals surface area contributed by atoms with E-state index in [9.17, 15) is 13.2 Å². The molecule has 2 rings (SSSR count). The molecule has 1 saturated heterocycles. The number of hydrogen-bond acceptors (Lipinski definition) is 5. The van der Waals surface area contributed by atoms with Crippen LogP contribution in [0.25, 0.3) is 0 Å². The normalized spacial score (nSPS) is 21.3. The second-order valence-electron chi connectivity index (χ2n) is 4.50. The fourth-order valence-corrected chi connectivity index (χ4v) is 3.90. The van der Waals surface area contributed by atoms with E-state index in [0.717, 1.165) is 4.31 Å². The number of ether oxygens (including phenoxy) is 1. The van der Waals surface area contributed by atoms with Gasteiger partial charge in [0.25, 0.3) is 0 Å². The Morgan fingerprint density at radius 3 is 2.95 bits per heavy atom. The van der Waals surface area contributed by atoms with Crippen LogP contribution < -0.4 is 0 Å². The Balaban J connectivity index is 2.28. The van der Waals surface area contributed by atoms with Gasteiger partial charge in [-0.25, -0.2) is 8.42 Å². The zero-order valence-corrected chi connectivity index (χ0v) is 11.8. The number of rotatable bonds is 3. The van der Waals surface area contributed by atoms with Gasteiger partial charge in [0.05, 0.1) is 24.5 Å². The summed E-state index contributed by atoms with van der Waals surface area (Å²) >= 11 is 0. The van der Waals surface area contributed by atoms with Crippen LogP contribution in [0.3, 0.4) is 0 Å². The van der Waals surface area contributed by atoms with Crippen molar-refractivity contribution >= 4 is 16.0 Å². The first-order valence-corrected chi connectivity index (χ1v) is 7.65. The molecule has 0 aliphatic carbocycles. The van der Waals surface area contributed by atoms with Crippen LogP contribution in [0.15, 0.2) is 24.3 Å². The van der Waals surface area contributed by atoms with Gasteiger partial charge in [-0.05, 0) is 24.1 Å². The Kier molecular flexibility index (Phi) is 4.06. The van der Waals surface area contributed by atoms with Crippen molar-refractivity contribution in [2.45, 2.75) is 19.0 Å². The van der Waals surface area contributed by atoms with Gasteiger partial charge in [-0.15, -0.1) is 0 Å². The molecule has 0 saturated carbocycles. The maximum Gasteiger partial charge on any atom is 0.324 e. The highest BCUT2D eigenvalue weighted by molar-refractivity contribution is 7.89. The van der Waals surface area contributed by atoms with Crippen molar-refractivity contribution < 1.29 is 17.9 Å². The van der Waals surface area contributed by atoms with E-state index in [-0.39, 0.29) is 18.7 Å². The van der Waals surface area contributed by atoms with Crippen LogP contribution >= 0.6 is 0 Å². The number of hydrogen-bond donors (Lipinski definition) is 0. The first kappa shape index (κ1) is 14.5. The fraction of sp³-hybridized carbons (Fsp3) is 0.385. The molecule has 1 fully saturated rings. The summed E-state index contributed by atoms with van der Waals surface area (Å²) in [5.41, 5.74) is 1.12. The van der Waals surface area contributed by atoms with Crippen molar-refractivity contribution in [1.29, 1.82) is 5.26 Å². The molecule has 0 N–H and O–H groups in total. The highest BCUT2D eigenvalue weighted by Crippen LogP contribution is 2.25. The van der Waals surface area contributed by atoms with Gasteiger partial charge in [-0.3, -0.25) is 4.79 Å². The largest absolute Gasteiger partial charge is 0.468 e. The Morgan fingerprint density at radius 1 is 1.55 bits per heavy atom. The van der Waals surface area contributed by atoms with Crippen LogP contribution in [-0.4, -0.2) is 37.6 Å². The lowest BCUT2D eigenvalue weighted by Crippen LogP contribution is -2.38. The number of carbonyl (C=O) groups excluding carboxylic acids is 1. The van der Waals surface area contributed by atoms with Gasteiger partial charge in [-0.1, -0.05) is 12.1 Å². The third-order valence-electron chi connectivity index (χ3n) is 3.22. The summed E-state index contributed by atoms with van der Waals surface area (Å²) < 4.78 is 29.8. The van der Waals surface area contributed by atoms with Crippen LogP contribution in [0.2, 0.25) is 0 Å². The Labute approximate surface area is 117 Å². The van der Waals surface area contributed by atoms with E-state index in [1.54, 1.807) is 24.3 Å². The van der Waals surface area contributed by atoms with E-state index in [0.29, 0.717) is 11.1 Å². The molecule has 1 unspecified atom stereocenters. The SMILES string of the molecule is COC(=O)C1CCS(=O)(=O)N1Cc1cccc(C#N)c1. The molecular weight excluding hydrogens is 280 g/mol. The highest BCUT2D eigenvalue weighted by Gasteiger charge is 2.42. The van der Waals surface area contributed by atoms with Gasteiger partial charge in [0, 0.05) is 6.54 Å². The summed E-state index contributed by atoms with van der Waals surface area (Å²) in [6.45, 7) is 0.0671. The monoisotopic (exact) mass is 294 g/mol. The summed E-state index contributed by atoms with van der Waals surface area (Å²) in [4.78, 5) is 11.6. The van der Waals surface area contributed by atoms with Crippen LogP contribution in [-0.2, 0) is 26.1 Å². The molecule has 1 aromatic rings. The topological polar surface area (TPSA) is 87.5 Å². The van der Waals surface area contributed by atoms with Gasteiger partial charge < -0.3 is 4.74 Å². The van der Waals surface area contributed by atoms with Crippen LogP contribution in [0.4, 0.5) is 0 Å². The lowest BCUT2D eigenvalue weighted by molar-refractivity contribution is -0.144. The molecule has 7 heteroatoms. The first-order valence-electron chi connectivity index (χ1n) is 6.04. The molecule has 1 aliphatic rings. The standard InChI is InChI=1S/C13H14N2O4S/c1-19-13(16)12-5-6-20(17,18)15(12)9-11-4-2-3-10(7-11)8-14/h2-4,7,12H,5-6,9H2,1H3. The second kappa shape index (κ2) is 5.61. The third-order valence-corrected chi connectivity index (χ3v) is 5.07. The van der Waals surface area contributed by atoms with E-state index >= 15 is 0 Å². The molecule has 1 heterocycles. The van der Waals surface area contributed by atoms with Gasteiger partial charge in [0.15, 0.2) is 0 Å². The lowest BCUT2D eigenvalue weighted by atomic mass is 10.1. The molecule has 1 atom stereocenters. The zero-order valence-electron chi connectivity index (χ0n) is 10.9. The number of methoxy groups -OCH3 is 1. The van der Waals surface area contributed by atoms with Gasteiger partial charge >= 0.3 is 5.97 Å². The van der Waals surface area contributed by atoms with E-state index in [1.165, 1.54) is 7.11 Å². The Morgan fingerprint density at radius 2 is 2.30 bits per heavy atom. The smallest absolute Gasteiger partial charge is 0.324 e. The summed E-state index contributed by atoms with van der Waals surface area (Å²) in [5, 5.41) is 8.85. The van der Waals surface area contributed by atoms with Crippen LogP contribution in [0, 0.1) is 11.3 Å². The zero-order chi connectivity index (χ0) is 14.8. The van der Waals surface area contributed by atoms with Crippen molar-refractivity contribution in [1.82, 2.24) is 4.31 Å². The number of nitrogens with zero attached hydrogens (tertiary/aromatic N) is 2. The van der Waals surface area contributed by atoms with Gasteiger partial charge in [0.2, 0.25) is 10.0 Å². The molecule has 0 aromatic heterocycles. The first-order chi connectivity index (χ1) is 9.47. The van der Waals surface area contributed by atoms with Crippen molar-refractivity contribution in [3.8, 4) is 6.07 Å². The summed E-state index contributed by atoms with van der Waals surface area (Å²) in [5.74, 6) is -0.618. The minimum absolute atomic E-state index is 0.0648. The quantitative estimate of drug-likeness (QED) is 0.763. The molecule has 0 spiro atoms. The number of benzene rings is 1. The highest BCUT2D eigenvalue weighted by atomic mass is 32.2. The average molecular weight is 294 g/mol. The van der Waals surface area contributed by atoms with E-state index in [4.69, 9.17) is 5.26 Å². The number of carbonyl (C=O) groups is 1. The predicted molar refractivity (Wildman–Crippen MR) is 70.9 cm³/mol. The molecule has 106 valence electrons. The molecule has 0 radical (unpaired) electrons. The predicted octanol–water partition coefficient (Wildman–Crippen LogP) is 0.635. The van der Waals surface area contributed by atoms with Crippen molar-refractivity contribution in [3.05, 3.63) is 35.4 Å².